The topological polar surface area (TPSA) is 71.2 Å². The minimum atomic E-state index is -0.0816. The van der Waals surface area contributed by atoms with Gasteiger partial charge >= 0.3 is 0 Å². The van der Waals surface area contributed by atoms with Gasteiger partial charge < -0.3 is 15.0 Å². The molecule has 0 saturated carbocycles. The van der Waals surface area contributed by atoms with Gasteiger partial charge in [-0.3, -0.25) is 9.59 Å². The molecular formula is C20H20N2O3. The Labute approximate surface area is 145 Å². The van der Waals surface area contributed by atoms with Gasteiger partial charge in [-0.1, -0.05) is 12.1 Å². The molecule has 5 nitrogen and oxygen atoms in total. The fourth-order valence-electron chi connectivity index (χ4n) is 2.67. The molecule has 0 saturated heterocycles. The molecule has 0 bridgehead atoms. The van der Waals surface area contributed by atoms with Crippen LogP contribution in [0.25, 0.3) is 10.9 Å². The first-order valence-electron chi connectivity index (χ1n) is 8.11. The summed E-state index contributed by atoms with van der Waals surface area (Å²) in [5, 5.41) is 3.85. The van der Waals surface area contributed by atoms with Gasteiger partial charge in [0.1, 0.15) is 5.75 Å². The van der Waals surface area contributed by atoms with Crippen LogP contribution in [0.5, 0.6) is 5.75 Å². The van der Waals surface area contributed by atoms with Gasteiger partial charge in [0, 0.05) is 23.2 Å². The molecule has 2 aromatic carbocycles. The number of hydrogen-bond acceptors (Lipinski definition) is 3. The van der Waals surface area contributed by atoms with Crippen LogP contribution in [0, 0.1) is 6.92 Å². The summed E-state index contributed by atoms with van der Waals surface area (Å²) in [6.45, 7) is 1.79. The van der Waals surface area contributed by atoms with Gasteiger partial charge in [-0.05, 0) is 60.7 Å². The van der Waals surface area contributed by atoms with Crippen LogP contribution < -0.4 is 15.6 Å². The largest absolute Gasteiger partial charge is 0.497 e. The van der Waals surface area contributed by atoms with Crippen molar-refractivity contribution in [2.24, 2.45) is 0 Å². The molecule has 2 N–H and O–H groups in total. The summed E-state index contributed by atoms with van der Waals surface area (Å²) >= 11 is 0. The van der Waals surface area contributed by atoms with Crippen molar-refractivity contribution in [3.8, 4) is 5.75 Å². The summed E-state index contributed by atoms with van der Waals surface area (Å²) in [5.74, 6) is 0.695. The third-order valence-corrected chi connectivity index (χ3v) is 4.11. The van der Waals surface area contributed by atoms with Crippen LogP contribution in [0.3, 0.4) is 0 Å². The molecule has 25 heavy (non-hydrogen) atoms. The van der Waals surface area contributed by atoms with Crippen molar-refractivity contribution in [3.63, 3.8) is 0 Å². The number of pyridine rings is 1. The second-order valence-corrected chi connectivity index (χ2v) is 5.98. The minimum Gasteiger partial charge on any atom is -0.497 e. The van der Waals surface area contributed by atoms with E-state index >= 15 is 0 Å². The molecule has 0 aliphatic carbocycles. The number of aryl methyl sites for hydroxylation is 2. The van der Waals surface area contributed by atoms with E-state index in [2.05, 4.69) is 10.3 Å². The first-order chi connectivity index (χ1) is 12.0. The molecule has 1 aromatic heterocycles. The van der Waals surface area contributed by atoms with Crippen LogP contribution in [0.15, 0.2) is 53.3 Å². The number of anilines is 1. The van der Waals surface area contributed by atoms with E-state index in [4.69, 9.17) is 4.74 Å². The molecular weight excluding hydrogens is 316 g/mol. The van der Waals surface area contributed by atoms with Crippen molar-refractivity contribution in [1.29, 1.82) is 0 Å². The Bertz CT molecular complexity index is 959. The molecule has 3 aromatic rings. The number of methoxy groups -OCH3 is 1. The summed E-state index contributed by atoms with van der Waals surface area (Å²) in [5.41, 5.74) is 3.16. The van der Waals surface area contributed by atoms with Crippen LogP contribution in [0.1, 0.15) is 17.5 Å². The number of fused-ring (bicyclic) bond motifs is 1. The van der Waals surface area contributed by atoms with Gasteiger partial charge in [0.05, 0.1) is 7.11 Å². The molecule has 1 amide bonds. The molecule has 0 spiro atoms. The van der Waals surface area contributed by atoms with Crippen LogP contribution in [-0.4, -0.2) is 18.0 Å². The Morgan fingerprint density at radius 1 is 1.12 bits per heavy atom. The quantitative estimate of drug-likeness (QED) is 0.750. The Balaban J connectivity index is 1.64. The summed E-state index contributed by atoms with van der Waals surface area (Å²) in [4.78, 5) is 26.7. The highest BCUT2D eigenvalue weighted by Gasteiger charge is 2.05. The number of ether oxygens (including phenoxy) is 1. The highest BCUT2D eigenvalue weighted by molar-refractivity contribution is 5.91. The zero-order valence-corrected chi connectivity index (χ0v) is 14.3. The number of H-pyrrole nitrogens is 1. The molecule has 0 aliphatic rings. The number of aromatic amines is 1. The van der Waals surface area contributed by atoms with Crippen LogP contribution in [0.4, 0.5) is 5.69 Å². The fraction of sp³-hybridized carbons (Fsp3) is 0.200. The molecule has 128 valence electrons. The van der Waals surface area contributed by atoms with Crippen molar-refractivity contribution < 1.29 is 9.53 Å². The van der Waals surface area contributed by atoms with Crippen molar-refractivity contribution in [2.75, 3.05) is 12.4 Å². The number of benzene rings is 2. The van der Waals surface area contributed by atoms with Crippen molar-refractivity contribution in [3.05, 3.63) is 70.0 Å². The van der Waals surface area contributed by atoms with E-state index in [1.54, 1.807) is 38.3 Å². The molecule has 1 heterocycles. The van der Waals surface area contributed by atoms with Gasteiger partial charge in [-0.25, -0.2) is 0 Å². The van der Waals surface area contributed by atoms with E-state index in [0.29, 0.717) is 18.4 Å². The van der Waals surface area contributed by atoms with Gasteiger partial charge in [-0.2, -0.15) is 0 Å². The number of amides is 1. The molecule has 3 rings (SSSR count). The average molecular weight is 336 g/mol. The number of rotatable bonds is 5. The van der Waals surface area contributed by atoms with E-state index < -0.39 is 0 Å². The highest BCUT2D eigenvalue weighted by Crippen LogP contribution is 2.17. The minimum absolute atomic E-state index is 0.0531. The number of aromatic nitrogens is 1. The lowest BCUT2D eigenvalue weighted by Crippen LogP contribution is -2.12. The second-order valence-electron chi connectivity index (χ2n) is 5.98. The molecule has 0 fully saturated rings. The highest BCUT2D eigenvalue weighted by atomic mass is 16.5. The Morgan fingerprint density at radius 3 is 2.60 bits per heavy atom. The van der Waals surface area contributed by atoms with Crippen LogP contribution in [0.2, 0.25) is 0 Å². The maximum atomic E-state index is 12.1. The monoisotopic (exact) mass is 336 g/mol. The summed E-state index contributed by atoms with van der Waals surface area (Å²) in [6, 6.07) is 15.0. The normalized spacial score (nSPS) is 10.6. The van der Waals surface area contributed by atoms with Gasteiger partial charge in [-0.15, -0.1) is 0 Å². The Morgan fingerprint density at radius 2 is 1.88 bits per heavy atom. The second kappa shape index (κ2) is 7.21. The van der Waals surface area contributed by atoms with Crippen molar-refractivity contribution >= 4 is 22.5 Å². The zero-order valence-electron chi connectivity index (χ0n) is 14.3. The molecule has 0 radical (unpaired) electrons. The standard InChI is InChI=1S/C20H20N2O3/c1-13-11-15-5-3-14(12-18(15)22-20(13)24)4-10-19(23)21-16-6-8-17(25-2)9-7-16/h3,5-9,11-12H,4,10H2,1-2H3,(H,21,23)(H,22,24). The predicted octanol–water partition coefficient (Wildman–Crippen LogP) is 3.42. The maximum absolute atomic E-state index is 12.1. The maximum Gasteiger partial charge on any atom is 0.251 e. The van der Waals surface area contributed by atoms with Gasteiger partial charge in [0.2, 0.25) is 5.91 Å². The Kier molecular flexibility index (Phi) is 4.84. The van der Waals surface area contributed by atoms with E-state index in [1.165, 1.54) is 0 Å². The first kappa shape index (κ1) is 16.8. The van der Waals surface area contributed by atoms with E-state index in [-0.39, 0.29) is 11.5 Å². The number of carbonyl (C=O) groups excluding carboxylic acids is 1. The lowest BCUT2D eigenvalue weighted by atomic mass is 10.1. The molecule has 0 atom stereocenters. The summed E-state index contributed by atoms with van der Waals surface area (Å²) in [7, 11) is 1.60. The smallest absolute Gasteiger partial charge is 0.251 e. The predicted molar refractivity (Wildman–Crippen MR) is 99.3 cm³/mol. The average Bonchev–Trinajstić information content (AvgIpc) is 2.61. The van der Waals surface area contributed by atoms with Crippen LogP contribution in [-0.2, 0) is 11.2 Å². The lowest BCUT2D eigenvalue weighted by molar-refractivity contribution is -0.116. The molecule has 0 unspecified atom stereocenters. The SMILES string of the molecule is COc1ccc(NC(=O)CCc2ccc3cc(C)c(=O)[nH]c3c2)cc1. The lowest BCUT2D eigenvalue weighted by Gasteiger charge is -2.07. The van der Waals surface area contributed by atoms with E-state index in [0.717, 1.165) is 27.9 Å². The van der Waals surface area contributed by atoms with Crippen molar-refractivity contribution in [2.45, 2.75) is 19.8 Å². The van der Waals surface area contributed by atoms with Gasteiger partial charge in [0.15, 0.2) is 0 Å². The fourth-order valence-corrected chi connectivity index (χ4v) is 2.67. The van der Waals surface area contributed by atoms with E-state index in [1.807, 2.05) is 24.3 Å². The summed E-state index contributed by atoms with van der Waals surface area (Å²) in [6.07, 6.45) is 0.974. The van der Waals surface area contributed by atoms with Gasteiger partial charge in [0.25, 0.3) is 5.56 Å². The first-order valence-corrected chi connectivity index (χ1v) is 8.11. The third-order valence-electron chi connectivity index (χ3n) is 4.11. The van der Waals surface area contributed by atoms with Crippen molar-refractivity contribution in [1.82, 2.24) is 4.98 Å². The van der Waals surface area contributed by atoms with Crippen LogP contribution >= 0.6 is 0 Å². The molecule has 5 heteroatoms. The number of carbonyl (C=O) groups is 1. The zero-order chi connectivity index (χ0) is 17.8. The van der Waals surface area contributed by atoms with E-state index in [9.17, 15) is 9.59 Å². The molecule has 0 aliphatic heterocycles. The number of nitrogens with one attached hydrogen (secondary N) is 2. The third kappa shape index (κ3) is 4.07. The Hall–Kier alpha value is -3.08. The summed E-state index contributed by atoms with van der Waals surface area (Å²) < 4.78 is 5.09. The number of hydrogen-bond donors (Lipinski definition) is 2.